The van der Waals surface area contributed by atoms with Crippen LogP contribution in [0.1, 0.15) is 29.8 Å². The van der Waals surface area contributed by atoms with Gasteiger partial charge in [0.05, 0.1) is 18.8 Å². The standard InChI is InChI=1S/C30H36ClFN8O5/c1-30(2,19-36-27(42)28(43)40-10-13-44-14-11-40)18-35-26(41)21-5-8-23(34-17-21)37-25-15-24(38-29(39-25)45-12-9-32)33-16-20-3-6-22(31)7-4-20/h3-8,15,17H,9-14,16,18-19H2,1-2H3,(H,35,41)(H,36,42)(H2,33,34,37,38,39). The number of rotatable bonds is 13. The second-order valence-corrected chi connectivity index (χ2v) is 11.4. The van der Waals surface area contributed by atoms with Crippen LogP contribution in [0, 0.1) is 5.41 Å². The Labute approximate surface area is 265 Å². The molecule has 3 amide bonds. The summed E-state index contributed by atoms with van der Waals surface area (Å²) in [4.78, 5) is 51.7. The number of hydrogen-bond acceptors (Lipinski definition) is 10. The van der Waals surface area contributed by atoms with E-state index < -0.39 is 23.9 Å². The van der Waals surface area contributed by atoms with Crippen LogP contribution >= 0.6 is 11.6 Å². The highest BCUT2D eigenvalue weighted by Crippen LogP contribution is 2.21. The van der Waals surface area contributed by atoms with Gasteiger partial charge in [0.1, 0.15) is 30.7 Å². The molecule has 3 aromatic rings. The van der Waals surface area contributed by atoms with E-state index in [9.17, 15) is 18.8 Å². The molecule has 1 aromatic carbocycles. The lowest BCUT2D eigenvalue weighted by Crippen LogP contribution is -2.50. The van der Waals surface area contributed by atoms with Crippen molar-refractivity contribution in [2.45, 2.75) is 20.4 Å². The Morgan fingerprint density at radius 1 is 1.00 bits per heavy atom. The number of aromatic nitrogens is 3. The molecule has 0 saturated carbocycles. The lowest BCUT2D eigenvalue weighted by Gasteiger charge is -2.28. The molecule has 3 heterocycles. The molecule has 0 aliphatic carbocycles. The Hall–Kier alpha value is -4.56. The second-order valence-electron chi connectivity index (χ2n) is 10.9. The maximum atomic E-state index is 12.8. The number of nitrogens with zero attached hydrogens (tertiary/aromatic N) is 4. The smallest absolute Gasteiger partial charge is 0.320 e. The van der Waals surface area contributed by atoms with Gasteiger partial charge in [-0.3, -0.25) is 14.4 Å². The van der Waals surface area contributed by atoms with Crippen LogP contribution in [0.15, 0.2) is 48.7 Å². The van der Waals surface area contributed by atoms with Crippen LogP contribution < -0.4 is 26.0 Å². The van der Waals surface area contributed by atoms with Gasteiger partial charge in [0.2, 0.25) is 0 Å². The molecule has 1 saturated heterocycles. The lowest BCUT2D eigenvalue weighted by molar-refractivity contribution is -0.148. The van der Waals surface area contributed by atoms with Crippen LogP contribution in [0.2, 0.25) is 5.02 Å². The number of nitrogens with one attached hydrogen (secondary N) is 4. The van der Waals surface area contributed by atoms with Crippen molar-refractivity contribution in [3.8, 4) is 6.01 Å². The zero-order valence-corrected chi connectivity index (χ0v) is 25.8. The van der Waals surface area contributed by atoms with E-state index in [0.29, 0.717) is 60.9 Å². The summed E-state index contributed by atoms with van der Waals surface area (Å²) >= 11 is 5.96. The summed E-state index contributed by atoms with van der Waals surface area (Å²) in [5.74, 6) is -0.435. The second kappa shape index (κ2) is 16.0. The van der Waals surface area contributed by atoms with Gasteiger partial charge in [-0.15, -0.1) is 0 Å². The minimum atomic E-state index is -0.694. The average Bonchev–Trinajstić information content (AvgIpc) is 3.05. The third-order valence-electron chi connectivity index (χ3n) is 6.63. The van der Waals surface area contributed by atoms with Crippen molar-refractivity contribution < 1.29 is 28.2 Å². The van der Waals surface area contributed by atoms with Crippen LogP contribution in [-0.4, -0.2) is 90.2 Å². The summed E-state index contributed by atoms with van der Waals surface area (Å²) in [6, 6.07) is 12.2. The van der Waals surface area contributed by atoms with Crippen LogP contribution in [0.3, 0.4) is 0 Å². The molecular formula is C30H36ClFN8O5. The van der Waals surface area contributed by atoms with Gasteiger partial charge in [-0.05, 0) is 35.2 Å². The first-order valence-electron chi connectivity index (χ1n) is 14.3. The van der Waals surface area contributed by atoms with E-state index in [4.69, 9.17) is 21.1 Å². The number of benzene rings is 1. The van der Waals surface area contributed by atoms with Crippen LogP contribution in [0.25, 0.3) is 0 Å². The fourth-order valence-corrected chi connectivity index (χ4v) is 4.22. The van der Waals surface area contributed by atoms with E-state index in [1.807, 2.05) is 26.0 Å². The van der Waals surface area contributed by atoms with E-state index in [-0.39, 0.29) is 31.6 Å². The van der Waals surface area contributed by atoms with Crippen molar-refractivity contribution >= 4 is 46.8 Å². The topological polar surface area (TPSA) is 160 Å². The van der Waals surface area contributed by atoms with E-state index in [1.54, 1.807) is 30.3 Å². The molecule has 0 radical (unpaired) electrons. The fourth-order valence-electron chi connectivity index (χ4n) is 4.09. The molecule has 0 bridgehead atoms. The molecule has 1 aliphatic rings. The summed E-state index contributed by atoms with van der Waals surface area (Å²) in [6.07, 6.45) is 1.41. The molecule has 1 fully saturated rings. The Kier molecular flexibility index (Phi) is 11.8. The monoisotopic (exact) mass is 642 g/mol. The van der Waals surface area contributed by atoms with Gasteiger partial charge in [0.25, 0.3) is 5.91 Å². The maximum absolute atomic E-state index is 12.8. The molecule has 13 nitrogen and oxygen atoms in total. The average molecular weight is 643 g/mol. The number of alkyl halides is 1. The lowest BCUT2D eigenvalue weighted by atomic mass is 9.93. The van der Waals surface area contributed by atoms with Crippen LogP contribution in [-0.2, 0) is 20.9 Å². The molecule has 2 aromatic heterocycles. The normalized spacial score (nSPS) is 13.1. The number of halogens is 2. The molecule has 45 heavy (non-hydrogen) atoms. The van der Waals surface area contributed by atoms with Crippen LogP contribution in [0.4, 0.5) is 21.8 Å². The summed E-state index contributed by atoms with van der Waals surface area (Å²) < 4.78 is 23.2. The maximum Gasteiger partial charge on any atom is 0.320 e. The third kappa shape index (κ3) is 10.5. The molecule has 1 aliphatic heterocycles. The predicted molar refractivity (Wildman–Crippen MR) is 166 cm³/mol. The largest absolute Gasteiger partial charge is 0.461 e. The minimum Gasteiger partial charge on any atom is -0.461 e. The summed E-state index contributed by atoms with van der Waals surface area (Å²) in [6.45, 7) is 5.30. The zero-order valence-electron chi connectivity index (χ0n) is 25.1. The van der Waals surface area contributed by atoms with E-state index in [1.165, 1.54) is 11.1 Å². The first-order chi connectivity index (χ1) is 21.6. The molecule has 15 heteroatoms. The highest BCUT2D eigenvalue weighted by molar-refractivity contribution is 6.35. The van der Waals surface area contributed by atoms with Gasteiger partial charge in [0, 0.05) is 50.0 Å². The highest BCUT2D eigenvalue weighted by atomic mass is 35.5. The molecule has 240 valence electrons. The number of hydrogen-bond donors (Lipinski definition) is 4. The molecular weight excluding hydrogens is 607 g/mol. The van der Waals surface area contributed by atoms with Gasteiger partial charge < -0.3 is 35.6 Å². The number of ether oxygens (including phenoxy) is 2. The van der Waals surface area contributed by atoms with Gasteiger partial charge in [-0.1, -0.05) is 37.6 Å². The van der Waals surface area contributed by atoms with Crippen LogP contribution in [0.5, 0.6) is 6.01 Å². The molecule has 4 rings (SSSR count). The summed E-state index contributed by atoms with van der Waals surface area (Å²) in [5, 5.41) is 12.4. The number of anilines is 3. The van der Waals surface area contributed by atoms with Crippen molar-refractivity contribution in [3.05, 3.63) is 64.8 Å². The van der Waals surface area contributed by atoms with Crippen molar-refractivity contribution in [2.24, 2.45) is 5.41 Å². The van der Waals surface area contributed by atoms with E-state index in [2.05, 4.69) is 36.2 Å². The van der Waals surface area contributed by atoms with Gasteiger partial charge in [-0.25, -0.2) is 9.37 Å². The minimum absolute atomic E-state index is 0.0171. The molecule has 0 unspecified atom stereocenters. The van der Waals surface area contributed by atoms with Crippen molar-refractivity contribution in [1.82, 2.24) is 30.5 Å². The van der Waals surface area contributed by atoms with Crippen molar-refractivity contribution in [1.29, 1.82) is 0 Å². The molecule has 4 N–H and O–H groups in total. The zero-order chi connectivity index (χ0) is 32.2. The number of pyridine rings is 1. The first-order valence-corrected chi connectivity index (χ1v) is 14.7. The summed E-state index contributed by atoms with van der Waals surface area (Å²) in [5.41, 5.74) is 0.768. The Bertz CT molecular complexity index is 1450. The quantitative estimate of drug-likeness (QED) is 0.204. The van der Waals surface area contributed by atoms with Crippen molar-refractivity contribution in [3.63, 3.8) is 0 Å². The van der Waals surface area contributed by atoms with E-state index in [0.717, 1.165) is 5.56 Å². The van der Waals surface area contributed by atoms with Gasteiger partial charge in [-0.2, -0.15) is 9.97 Å². The van der Waals surface area contributed by atoms with Crippen molar-refractivity contribution in [2.75, 3.05) is 63.3 Å². The SMILES string of the molecule is CC(C)(CNC(=O)C(=O)N1CCOCC1)CNC(=O)c1ccc(Nc2cc(NCc3ccc(Cl)cc3)nc(OCCF)n2)nc1. The number of amides is 3. The Balaban J connectivity index is 1.30. The summed E-state index contributed by atoms with van der Waals surface area (Å²) in [7, 11) is 0. The number of carbonyl (C=O) groups excluding carboxylic acids is 3. The number of carbonyl (C=O) groups is 3. The molecule has 0 spiro atoms. The third-order valence-corrected chi connectivity index (χ3v) is 6.88. The van der Waals surface area contributed by atoms with Gasteiger partial charge in [0.15, 0.2) is 0 Å². The predicted octanol–water partition coefficient (Wildman–Crippen LogP) is 2.96. The fraction of sp³-hybridized carbons (Fsp3) is 0.400. The van der Waals surface area contributed by atoms with E-state index >= 15 is 0 Å². The van der Waals surface area contributed by atoms with Gasteiger partial charge >= 0.3 is 17.8 Å². The Morgan fingerprint density at radius 3 is 2.40 bits per heavy atom. The Morgan fingerprint density at radius 2 is 1.71 bits per heavy atom. The highest BCUT2D eigenvalue weighted by Gasteiger charge is 2.26. The number of morpholine rings is 1. The molecule has 0 atom stereocenters. The first kappa shape index (κ1) is 33.3.